The van der Waals surface area contributed by atoms with Gasteiger partial charge in [0.05, 0.1) is 16.7 Å². The number of hydrogen-bond donors (Lipinski definition) is 1. The lowest BCUT2D eigenvalue weighted by Gasteiger charge is -2.10. The first-order valence-corrected chi connectivity index (χ1v) is 6.04. The number of pyridine rings is 1. The van der Waals surface area contributed by atoms with Crippen LogP contribution in [0, 0.1) is 21.4 Å². The molecule has 0 atom stereocenters. The second-order valence-corrected chi connectivity index (χ2v) is 4.29. The molecule has 8 nitrogen and oxygen atoms in total. The van der Waals surface area contributed by atoms with Crippen molar-refractivity contribution >= 4 is 11.7 Å². The van der Waals surface area contributed by atoms with Crippen LogP contribution >= 0.6 is 0 Å². The Kier molecular flexibility index (Phi) is 3.99. The minimum Gasteiger partial charge on any atom is -0.477 e. The summed E-state index contributed by atoms with van der Waals surface area (Å²) >= 11 is 0. The van der Waals surface area contributed by atoms with Crippen LogP contribution < -0.4 is 5.56 Å². The third-order valence-electron chi connectivity index (χ3n) is 2.99. The van der Waals surface area contributed by atoms with Gasteiger partial charge in [-0.05, 0) is 12.1 Å². The third kappa shape index (κ3) is 2.69. The maximum Gasteiger partial charge on any atom is 0.341 e. The predicted octanol–water partition coefficient (Wildman–Crippen LogP) is 1.65. The highest BCUT2D eigenvalue weighted by Crippen LogP contribution is 2.23. The van der Waals surface area contributed by atoms with Crippen molar-refractivity contribution in [2.24, 2.45) is 0 Å². The van der Waals surface area contributed by atoms with E-state index in [9.17, 15) is 19.7 Å². The summed E-state index contributed by atoms with van der Waals surface area (Å²) in [7, 11) is 0. The van der Waals surface area contributed by atoms with Crippen molar-refractivity contribution < 1.29 is 14.8 Å². The Morgan fingerprint density at radius 3 is 2.68 bits per heavy atom. The maximum absolute atomic E-state index is 12.1. The monoisotopic (exact) mass is 299 g/mol. The first-order valence-electron chi connectivity index (χ1n) is 6.04. The van der Waals surface area contributed by atoms with Crippen LogP contribution in [0.4, 0.5) is 5.69 Å². The summed E-state index contributed by atoms with van der Waals surface area (Å²) in [6.07, 6.45) is 0. The quantitative estimate of drug-likeness (QED) is 0.675. The van der Waals surface area contributed by atoms with E-state index in [2.05, 4.69) is 0 Å². The van der Waals surface area contributed by atoms with E-state index < -0.39 is 22.0 Å². The van der Waals surface area contributed by atoms with E-state index >= 15 is 0 Å². The first kappa shape index (κ1) is 14.9. The second kappa shape index (κ2) is 5.88. The lowest BCUT2D eigenvalue weighted by molar-refractivity contribution is -0.384. The standard InChI is InChI=1S/C14H9N3O5/c15-6-7-16-12(5-4-11(13(16)18)14(19)20)9-2-1-3-10(8-9)17(21)22/h1-5,8H,7H2,(H,19,20). The molecule has 8 heteroatoms. The van der Waals surface area contributed by atoms with Gasteiger partial charge in [-0.1, -0.05) is 12.1 Å². The van der Waals surface area contributed by atoms with Gasteiger partial charge in [-0.3, -0.25) is 19.5 Å². The highest BCUT2D eigenvalue weighted by atomic mass is 16.6. The van der Waals surface area contributed by atoms with Gasteiger partial charge in [0.15, 0.2) is 0 Å². The molecule has 2 rings (SSSR count). The summed E-state index contributed by atoms with van der Waals surface area (Å²) < 4.78 is 0.975. The van der Waals surface area contributed by atoms with Crippen LogP contribution in [0.15, 0.2) is 41.2 Å². The van der Waals surface area contributed by atoms with Gasteiger partial charge >= 0.3 is 5.97 Å². The molecular weight excluding hydrogens is 290 g/mol. The SMILES string of the molecule is N#CCn1c(-c2cccc([N+](=O)[O-])c2)ccc(C(=O)O)c1=O. The minimum atomic E-state index is -1.40. The fourth-order valence-corrected chi connectivity index (χ4v) is 2.00. The Morgan fingerprint density at radius 2 is 2.09 bits per heavy atom. The average molecular weight is 299 g/mol. The number of nitro groups is 1. The fourth-order valence-electron chi connectivity index (χ4n) is 2.00. The van der Waals surface area contributed by atoms with Crippen LogP contribution in [-0.4, -0.2) is 20.6 Å². The van der Waals surface area contributed by atoms with Crippen molar-refractivity contribution in [2.75, 3.05) is 0 Å². The van der Waals surface area contributed by atoms with Crippen molar-refractivity contribution in [3.8, 4) is 17.3 Å². The van der Waals surface area contributed by atoms with Gasteiger partial charge in [0.1, 0.15) is 12.1 Å². The van der Waals surface area contributed by atoms with E-state index in [1.807, 2.05) is 0 Å². The van der Waals surface area contributed by atoms with Crippen molar-refractivity contribution in [1.82, 2.24) is 4.57 Å². The second-order valence-electron chi connectivity index (χ2n) is 4.29. The van der Waals surface area contributed by atoms with E-state index in [1.54, 1.807) is 6.07 Å². The Balaban J connectivity index is 2.71. The van der Waals surface area contributed by atoms with Gasteiger partial charge in [-0.2, -0.15) is 5.26 Å². The minimum absolute atomic E-state index is 0.171. The molecule has 110 valence electrons. The highest BCUT2D eigenvalue weighted by Gasteiger charge is 2.16. The molecule has 0 saturated carbocycles. The largest absolute Gasteiger partial charge is 0.477 e. The van der Waals surface area contributed by atoms with E-state index in [4.69, 9.17) is 10.4 Å². The molecule has 0 aliphatic heterocycles. The molecule has 2 aromatic rings. The van der Waals surface area contributed by atoms with Crippen molar-refractivity contribution in [3.63, 3.8) is 0 Å². The number of carbonyl (C=O) groups is 1. The normalized spacial score (nSPS) is 9.95. The molecule has 0 radical (unpaired) electrons. The van der Waals surface area contributed by atoms with Crippen LogP contribution in [0.25, 0.3) is 11.3 Å². The molecule has 0 saturated heterocycles. The molecule has 0 spiro atoms. The summed E-state index contributed by atoms with van der Waals surface area (Å²) in [6.45, 7) is -0.363. The van der Waals surface area contributed by atoms with Crippen molar-refractivity contribution in [1.29, 1.82) is 5.26 Å². The van der Waals surface area contributed by atoms with Crippen LogP contribution in [0.2, 0.25) is 0 Å². The molecule has 0 aliphatic rings. The Morgan fingerprint density at radius 1 is 1.36 bits per heavy atom. The molecule has 1 aromatic carbocycles. The van der Waals surface area contributed by atoms with Crippen LogP contribution in [0.5, 0.6) is 0 Å². The number of nitrogens with zero attached hydrogens (tertiary/aromatic N) is 3. The Hall–Kier alpha value is -3.47. The summed E-state index contributed by atoms with van der Waals surface area (Å²) in [6, 6.07) is 9.77. The Bertz CT molecular complexity index is 864. The van der Waals surface area contributed by atoms with Gasteiger partial charge in [-0.15, -0.1) is 0 Å². The zero-order valence-electron chi connectivity index (χ0n) is 11.1. The molecular formula is C14H9N3O5. The average Bonchev–Trinajstić information content (AvgIpc) is 2.49. The molecule has 0 fully saturated rings. The van der Waals surface area contributed by atoms with E-state index in [0.29, 0.717) is 5.56 Å². The molecule has 0 aliphatic carbocycles. The summed E-state index contributed by atoms with van der Waals surface area (Å²) in [5.41, 5.74) is -0.892. The summed E-state index contributed by atoms with van der Waals surface area (Å²) in [5, 5.41) is 28.6. The number of non-ortho nitro benzene ring substituents is 1. The number of carboxylic acids is 1. The number of hydrogen-bond acceptors (Lipinski definition) is 5. The molecule has 1 heterocycles. The summed E-state index contributed by atoms with van der Waals surface area (Å²) in [5.74, 6) is -1.40. The zero-order valence-corrected chi connectivity index (χ0v) is 11.1. The molecule has 22 heavy (non-hydrogen) atoms. The topological polar surface area (TPSA) is 126 Å². The lowest BCUT2D eigenvalue weighted by Crippen LogP contribution is -2.27. The van der Waals surface area contributed by atoms with Gasteiger partial charge in [-0.25, -0.2) is 4.79 Å². The van der Waals surface area contributed by atoms with Crippen molar-refractivity contribution in [2.45, 2.75) is 6.54 Å². The molecule has 0 bridgehead atoms. The van der Waals surface area contributed by atoms with Crippen LogP contribution in [0.3, 0.4) is 0 Å². The molecule has 0 unspecified atom stereocenters. The zero-order chi connectivity index (χ0) is 16.3. The number of rotatable bonds is 4. The van der Waals surface area contributed by atoms with Gasteiger partial charge < -0.3 is 5.11 Å². The first-order chi connectivity index (χ1) is 10.5. The number of carboxylic acid groups (broad SMARTS) is 1. The van der Waals surface area contributed by atoms with Crippen molar-refractivity contribution in [3.05, 3.63) is 62.4 Å². The smallest absolute Gasteiger partial charge is 0.341 e. The molecule has 1 N–H and O–H groups in total. The predicted molar refractivity (Wildman–Crippen MR) is 75.4 cm³/mol. The van der Waals surface area contributed by atoms with E-state index in [1.165, 1.54) is 30.3 Å². The number of aromatic nitrogens is 1. The third-order valence-corrected chi connectivity index (χ3v) is 2.99. The van der Waals surface area contributed by atoms with Gasteiger partial charge in [0.25, 0.3) is 11.2 Å². The fraction of sp³-hybridized carbons (Fsp3) is 0.0714. The number of aromatic carboxylic acids is 1. The molecule has 0 amide bonds. The number of nitriles is 1. The number of benzene rings is 1. The van der Waals surface area contributed by atoms with Crippen LogP contribution in [0.1, 0.15) is 10.4 Å². The van der Waals surface area contributed by atoms with E-state index in [0.717, 1.165) is 10.6 Å². The Labute approximate surface area is 123 Å². The van der Waals surface area contributed by atoms with Gasteiger partial charge in [0.2, 0.25) is 0 Å². The van der Waals surface area contributed by atoms with Gasteiger partial charge in [0, 0.05) is 17.7 Å². The molecule has 1 aromatic heterocycles. The maximum atomic E-state index is 12.1. The van der Waals surface area contributed by atoms with Crippen LogP contribution in [-0.2, 0) is 6.54 Å². The number of nitro benzene ring substituents is 1. The summed E-state index contributed by atoms with van der Waals surface area (Å²) in [4.78, 5) is 33.3. The highest BCUT2D eigenvalue weighted by molar-refractivity contribution is 5.87. The van der Waals surface area contributed by atoms with E-state index in [-0.39, 0.29) is 17.9 Å². The lowest BCUT2D eigenvalue weighted by atomic mass is 10.1.